The van der Waals surface area contributed by atoms with Gasteiger partial charge in [0.25, 0.3) is 0 Å². The lowest BCUT2D eigenvalue weighted by molar-refractivity contribution is 0.746. The molecule has 1 nitrogen and oxygen atoms in total. The number of hydrogen-bond acceptors (Lipinski definition) is 1. The lowest BCUT2D eigenvalue weighted by Crippen LogP contribution is -1.99. The molecular weight excluding hydrogens is 322 g/mol. The highest BCUT2D eigenvalue weighted by Crippen LogP contribution is 2.27. The molecule has 2 aromatic rings. The predicted molar refractivity (Wildman–Crippen MR) is 82.3 cm³/mol. The summed E-state index contributed by atoms with van der Waals surface area (Å²) >= 11 is 9.56. The van der Waals surface area contributed by atoms with Crippen molar-refractivity contribution >= 4 is 27.5 Å². The minimum atomic E-state index is -0.155. The first-order chi connectivity index (χ1) is 9.20. The van der Waals surface area contributed by atoms with Gasteiger partial charge in [0.15, 0.2) is 0 Å². The van der Waals surface area contributed by atoms with Gasteiger partial charge in [0.05, 0.1) is 12.0 Å². The van der Waals surface area contributed by atoms with Crippen molar-refractivity contribution in [3.8, 4) is 6.07 Å². The molecule has 2 aromatic carbocycles. The van der Waals surface area contributed by atoms with Gasteiger partial charge < -0.3 is 0 Å². The van der Waals surface area contributed by atoms with Crippen molar-refractivity contribution in [1.29, 1.82) is 5.26 Å². The molecule has 0 fully saturated rings. The highest BCUT2D eigenvalue weighted by molar-refractivity contribution is 9.10. The maximum atomic E-state index is 9.31. The van der Waals surface area contributed by atoms with Gasteiger partial charge in [-0.15, -0.1) is 0 Å². The van der Waals surface area contributed by atoms with Crippen molar-refractivity contribution in [2.45, 2.75) is 18.8 Å². The molecule has 0 saturated carbocycles. The van der Waals surface area contributed by atoms with Gasteiger partial charge in [-0.1, -0.05) is 57.9 Å². The molecule has 0 spiro atoms. The van der Waals surface area contributed by atoms with Crippen molar-refractivity contribution in [3.63, 3.8) is 0 Å². The van der Waals surface area contributed by atoms with Gasteiger partial charge in [0, 0.05) is 9.50 Å². The van der Waals surface area contributed by atoms with Crippen LogP contribution >= 0.6 is 27.5 Å². The summed E-state index contributed by atoms with van der Waals surface area (Å²) in [7, 11) is 0. The zero-order valence-electron chi connectivity index (χ0n) is 10.3. The number of hydrogen-bond donors (Lipinski definition) is 0. The number of benzene rings is 2. The lowest BCUT2D eigenvalue weighted by atomic mass is 9.93. The van der Waals surface area contributed by atoms with Crippen molar-refractivity contribution in [3.05, 3.63) is 69.2 Å². The number of nitrogens with zero attached hydrogens (tertiary/aromatic N) is 1. The molecule has 1 atom stereocenters. The molecule has 1 unspecified atom stereocenters. The minimum Gasteiger partial charge on any atom is -0.198 e. The van der Waals surface area contributed by atoms with Gasteiger partial charge in [-0.2, -0.15) is 5.26 Å². The van der Waals surface area contributed by atoms with Crippen LogP contribution in [0.3, 0.4) is 0 Å². The zero-order chi connectivity index (χ0) is 13.7. The predicted octanol–water partition coefficient (Wildman–Crippen LogP) is 5.34. The molecule has 0 aliphatic heterocycles. The third kappa shape index (κ3) is 3.83. The van der Waals surface area contributed by atoms with Crippen LogP contribution in [0.2, 0.25) is 5.02 Å². The number of rotatable bonds is 4. The third-order valence-electron chi connectivity index (χ3n) is 3.07. The van der Waals surface area contributed by atoms with Crippen LogP contribution in [-0.4, -0.2) is 0 Å². The van der Waals surface area contributed by atoms with Crippen LogP contribution in [0.5, 0.6) is 0 Å². The Hall–Kier alpha value is -1.30. The summed E-state index contributed by atoms with van der Waals surface area (Å²) in [4.78, 5) is 0. The van der Waals surface area contributed by atoms with Crippen molar-refractivity contribution in [1.82, 2.24) is 0 Å². The van der Waals surface area contributed by atoms with Crippen molar-refractivity contribution in [2.75, 3.05) is 0 Å². The molecule has 19 heavy (non-hydrogen) atoms. The smallest absolute Gasteiger partial charge is 0.0730 e. The third-order valence-corrected chi connectivity index (χ3v) is 3.94. The van der Waals surface area contributed by atoms with E-state index in [4.69, 9.17) is 11.6 Å². The number of aryl methyl sites for hydroxylation is 1. The summed E-state index contributed by atoms with van der Waals surface area (Å²) in [6, 6.07) is 18.1. The van der Waals surface area contributed by atoms with Crippen LogP contribution in [0.25, 0.3) is 0 Å². The van der Waals surface area contributed by atoms with Crippen LogP contribution in [0, 0.1) is 11.3 Å². The molecule has 2 rings (SSSR count). The van der Waals surface area contributed by atoms with Gasteiger partial charge in [0.2, 0.25) is 0 Å². The van der Waals surface area contributed by atoms with Crippen molar-refractivity contribution < 1.29 is 0 Å². The molecule has 3 heteroatoms. The number of halogens is 2. The number of nitriles is 1. The fraction of sp³-hybridized carbons (Fsp3) is 0.188. The summed E-state index contributed by atoms with van der Waals surface area (Å²) in [6.07, 6.45) is 1.65. The Bertz CT molecular complexity index is 586. The Morgan fingerprint density at radius 1 is 1.11 bits per heavy atom. The molecule has 0 heterocycles. The first-order valence-electron chi connectivity index (χ1n) is 6.09. The zero-order valence-corrected chi connectivity index (χ0v) is 12.7. The summed E-state index contributed by atoms with van der Waals surface area (Å²) in [6.45, 7) is 0. The van der Waals surface area contributed by atoms with E-state index in [9.17, 15) is 5.26 Å². The molecule has 0 aromatic heterocycles. The summed E-state index contributed by atoms with van der Waals surface area (Å²) in [5.74, 6) is -0.155. The second-order valence-corrected chi connectivity index (χ2v) is 5.69. The van der Waals surface area contributed by atoms with E-state index in [1.165, 1.54) is 5.56 Å². The lowest BCUT2D eigenvalue weighted by Gasteiger charge is -2.11. The van der Waals surface area contributed by atoms with E-state index in [0.717, 1.165) is 22.9 Å². The standard InChI is InChI=1S/C16H13BrClN/c17-14-9-6-12(7-10-14)5-8-13(11-19)15-3-1-2-4-16(15)18/h1-4,6-7,9-10,13H,5,8H2. The highest BCUT2D eigenvalue weighted by atomic mass is 79.9. The molecule has 0 radical (unpaired) electrons. The first kappa shape index (κ1) is 14.1. The fourth-order valence-corrected chi connectivity index (χ4v) is 2.54. The second kappa shape index (κ2) is 6.75. The van der Waals surface area contributed by atoms with E-state index >= 15 is 0 Å². The van der Waals surface area contributed by atoms with E-state index in [1.807, 2.05) is 36.4 Å². The Balaban J connectivity index is 2.07. The molecule has 0 aliphatic carbocycles. The molecule has 0 saturated heterocycles. The molecule has 0 amide bonds. The molecule has 0 N–H and O–H groups in total. The molecule has 0 bridgehead atoms. The summed E-state index contributed by atoms with van der Waals surface area (Å²) in [5.41, 5.74) is 2.15. The van der Waals surface area contributed by atoms with E-state index in [-0.39, 0.29) is 5.92 Å². The van der Waals surface area contributed by atoms with Crippen LogP contribution in [0.15, 0.2) is 53.0 Å². The topological polar surface area (TPSA) is 23.8 Å². The SMILES string of the molecule is N#CC(CCc1ccc(Br)cc1)c1ccccc1Cl. The Labute approximate surface area is 127 Å². The van der Waals surface area contributed by atoms with E-state index in [2.05, 4.69) is 34.1 Å². The van der Waals surface area contributed by atoms with E-state index < -0.39 is 0 Å². The highest BCUT2D eigenvalue weighted by Gasteiger charge is 2.13. The quantitative estimate of drug-likeness (QED) is 0.740. The van der Waals surface area contributed by atoms with E-state index in [0.29, 0.717) is 5.02 Å². The summed E-state index contributed by atoms with van der Waals surface area (Å²) in [5, 5.41) is 9.98. The van der Waals surface area contributed by atoms with Crippen LogP contribution in [0.4, 0.5) is 0 Å². The summed E-state index contributed by atoms with van der Waals surface area (Å²) < 4.78 is 1.07. The average Bonchev–Trinajstić information content (AvgIpc) is 2.43. The van der Waals surface area contributed by atoms with Crippen LogP contribution in [0.1, 0.15) is 23.5 Å². The first-order valence-corrected chi connectivity index (χ1v) is 7.26. The van der Waals surface area contributed by atoms with Gasteiger partial charge in [0.1, 0.15) is 0 Å². The Morgan fingerprint density at radius 2 is 1.79 bits per heavy atom. The monoisotopic (exact) mass is 333 g/mol. The molecular formula is C16H13BrClN. The van der Waals surface area contributed by atoms with Crippen LogP contribution < -0.4 is 0 Å². The largest absolute Gasteiger partial charge is 0.198 e. The average molecular weight is 335 g/mol. The Morgan fingerprint density at radius 3 is 2.42 bits per heavy atom. The van der Waals surface area contributed by atoms with Gasteiger partial charge in [-0.05, 0) is 42.2 Å². The minimum absolute atomic E-state index is 0.155. The fourth-order valence-electron chi connectivity index (χ4n) is 2.01. The second-order valence-electron chi connectivity index (χ2n) is 4.37. The molecule has 0 aliphatic rings. The maximum Gasteiger partial charge on any atom is 0.0730 e. The molecule has 96 valence electrons. The maximum absolute atomic E-state index is 9.31. The normalized spacial score (nSPS) is 11.8. The van der Waals surface area contributed by atoms with Gasteiger partial charge in [-0.3, -0.25) is 0 Å². The van der Waals surface area contributed by atoms with Crippen LogP contribution in [-0.2, 0) is 6.42 Å². The Kier molecular flexibility index (Phi) is 5.01. The van der Waals surface area contributed by atoms with Gasteiger partial charge in [-0.25, -0.2) is 0 Å². The van der Waals surface area contributed by atoms with E-state index in [1.54, 1.807) is 0 Å². The van der Waals surface area contributed by atoms with Gasteiger partial charge >= 0.3 is 0 Å². The van der Waals surface area contributed by atoms with Crippen molar-refractivity contribution in [2.24, 2.45) is 0 Å².